The smallest absolute Gasteiger partial charge is 0.148 e. The maximum Gasteiger partial charge on any atom is 0.148 e. The molecule has 2 rings (SSSR count). The van der Waals surface area contributed by atoms with Crippen molar-refractivity contribution in [3.05, 3.63) is 18.3 Å². The topological polar surface area (TPSA) is 41.0 Å². The van der Waals surface area contributed by atoms with Crippen molar-refractivity contribution < 1.29 is 0 Å². The first-order valence-electron chi connectivity index (χ1n) is 5.65. The predicted molar refractivity (Wildman–Crippen MR) is 60.8 cm³/mol. The number of aromatic nitrogens is 2. The van der Waals surface area contributed by atoms with Gasteiger partial charge in [-0.1, -0.05) is 6.92 Å². The summed E-state index contributed by atoms with van der Waals surface area (Å²) >= 11 is 0. The van der Waals surface area contributed by atoms with E-state index in [9.17, 15) is 0 Å². The van der Waals surface area contributed by atoms with Crippen molar-refractivity contribution in [1.29, 1.82) is 0 Å². The van der Waals surface area contributed by atoms with Crippen molar-refractivity contribution in [1.82, 2.24) is 15.1 Å². The van der Waals surface area contributed by atoms with Crippen LogP contribution in [0.3, 0.4) is 0 Å². The van der Waals surface area contributed by atoms with Gasteiger partial charge in [0.25, 0.3) is 0 Å². The molecule has 82 valence electrons. The first kappa shape index (κ1) is 10.4. The van der Waals surface area contributed by atoms with Crippen LogP contribution in [0.1, 0.15) is 19.8 Å². The molecule has 1 fully saturated rings. The van der Waals surface area contributed by atoms with E-state index in [-0.39, 0.29) is 0 Å². The summed E-state index contributed by atoms with van der Waals surface area (Å²) < 4.78 is 0. The van der Waals surface area contributed by atoms with Crippen LogP contribution >= 0.6 is 0 Å². The SMILES string of the molecule is CCN1CCCC1CNc1cccnn1. The molecule has 0 bridgehead atoms. The van der Waals surface area contributed by atoms with E-state index in [2.05, 4.69) is 27.3 Å². The highest BCUT2D eigenvalue weighted by atomic mass is 15.2. The lowest BCUT2D eigenvalue weighted by atomic mass is 10.2. The van der Waals surface area contributed by atoms with Crippen LogP contribution < -0.4 is 5.32 Å². The summed E-state index contributed by atoms with van der Waals surface area (Å²) in [7, 11) is 0. The zero-order chi connectivity index (χ0) is 10.5. The van der Waals surface area contributed by atoms with Crippen LogP contribution in [0.5, 0.6) is 0 Å². The highest BCUT2D eigenvalue weighted by molar-refractivity contribution is 5.31. The quantitative estimate of drug-likeness (QED) is 0.808. The highest BCUT2D eigenvalue weighted by Gasteiger charge is 2.22. The van der Waals surface area contributed by atoms with Crippen LogP contribution in [0.4, 0.5) is 5.82 Å². The van der Waals surface area contributed by atoms with Crippen LogP contribution in [0.2, 0.25) is 0 Å². The zero-order valence-corrected chi connectivity index (χ0v) is 9.19. The normalized spacial score (nSPS) is 21.8. The lowest BCUT2D eigenvalue weighted by molar-refractivity contribution is 0.277. The molecule has 1 unspecified atom stereocenters. The van der Waals surface area contributed by atoms with E-state index in [4.69, 9.17) is 0 Å². The third-order valence-corrected chi connectivity index (χ3v) is 3.00. The first-order chi connectivity index (χ1) is 7.40. The Labute approximate surface area is 90.7 Å². The molecule has 1 atom stereocenters. The van der Waals surface area contributed by atoms with Crippen LogP contribution in [0.15, 0.2) is 18.3 Å². The minimum atomic E-state index is 0.664. The standard InChI is InChI=1S/C11H18N4/c1-2-15-8-4-5-10(15)9-12-11-6-3-7-13-14-11/h3,6-7,10H,2,4-5,8-9H2,1H3,(H,12,14). The minimum absolute atomic E-state index is 0.664. The Morgan fingerprint density at radius 1 is 1.60 bits per heavy atom. The number of nitrogens with one attached hydrogen (secondary N) is 1. The van der Waals surface area contributed by atoms with Crippen molar-refractivity contribution in [2.75, 3.05) is 25.0 Å². The number of likely N-dealkylation sites (N-methyl/N-ethyl adjacent to an activating group) is 1. The first-order valence-corrected chi connectivity index (χ1v) is 5.65. The summed E-state index contributed by atoms with van der Waals surface area (Å²) in [5, 5.41) is 11.2. The molecule has 0 aromatic carbocycles. The molecule has 4 heteroatoms. The fourth-order valence-electron chi connectivity index (χ4n) is 2.16. The second kappa shape index (κ2) is 5.07. The molecule has 0 amide bonds. The average molecular weight is 206 g/mol. The third-order valence-electron chi connectivity index (χ3n) is 3.00. The molecule has 0 saturated carbocycles. The van der Waals surface area contributed by atoms with Crippen molar-refractivity contribution in [3.8, 4) is 0 Å². The Balaban J connectivity index is 1.83. The van der Waals surface area contributed by atoms with Crippen molar-refractivity contribution in [3.63, 3.8) is 0 Å². The van der Waals surface area contributed by atoms with E-state index in [0.29, 0.717) is 6.04 Å². The number of rotatable bonds is 4. The molecule has 1 aromatic rings. The van der Waals surface area contributed by atoms with Gasteiger partial charge < -0.3 is 5.32 Å². The van der Waals surface area contributed by atoms with Gasteiger partial charge in [0.2, 0.25) is 0 Å². The van der Waals surface area contributed by atoms with Crippen LogP contribution in [0, 0.1) is 0 Å². The van der Waals surface area contributed by atoms with Gasteiger partial charge >= 0.3 is 0 Å². The van der Waals surface area contributed by atoms with Gasteiger partial charge in [0, 0.05) is 18.8 Å². The molecule has 1 aromatic heterocycles. The van der Waals surface area contributed by atoms with Gasteiger partial charge in [0.1, 0.15) is 5.82 Å². The summed E-state index contributed by atoms with van der Waals surface area (Å²) in [6.45, 7) is 5.59. The molecule has 0 aliphatic carbocycles. The third kappa shape index (κ3) is 2.65. The van der Waals surface area contributed by atoms with E-state index >= 15 is 0 Å². The highest BCUT2D eigenvalue weighted by Crippen LogP contribution is 2.16. The van der Waals surface area contributed by atoms with E-state index in [1.165, 1.54) is 19.4 Å². The molecule has 15 heavy (non-hydrogen) atoms. The summed E-state index contributed by atoms with van der Waals surface area (Å²) in [4.78, 5) is 2.52. The molecular formula is C11H18N4. The van der Waals surface area contributed by atoms with Gasteiger partial charge in [-0.15, -0.1) is 5.10 Å². The van der Waals surface area contributed by atoms with Crippen molar-refractivity contribution in [2.24, 2.45) is 0 Å². The van der Waals surface area contributed by atoms with Crippen LogP contribution in [-0.4, -0.2) is 40.8 Å². The predicted octanol–water partition coefficient (Wildman–Crippen LogP) is 1.37. The van der Waals surface area contributed by atoms with Gasteiger partial charge in [0.15, 0.2) is 0 Å². The lowest BCUT2D eigenvalue weighted by Gasteiger charge is -2.22. The van der Waals surface area contributed by atoms with E-state index in [1.54, 1.807) is 6.20 Å². The second-order valence-electron chi connectivity index (χ2n) is 3.91. The Bertz CT molecular complexity index is 288. The Kier molecular flexibility index (Phi) is 3.50. The Hall–Kier alpha value is -1.16. The van der Waals surface area contributed by atoms with Gasteiger partial charge in [-0.3, -0.25) is 4.90 Å². The fourth-order valence-corrected chi connectivity index (χ4v) is 2.16. The van der Waals surface area contributed by atoms with Crippen molar-refractivity contribution >= 4 is 5.82 Å². The molecule has 0 spiro atoms. The number of nitrogens with zero attached hydrogens (tertiary/aromatic N) is 3. The zero-order valence-electron chi connectivity index (χ0n) is 9.19. The molecule has 1 aliphatic heterocycles. The monoisotopic (exact) mass is 206 g/mol. The maximum atomic E-state index is 4.01. The molecular weight excluding hydrogens is 188 g/mol. The van der Waals surface area contributed by atoms with E-state index in [0.717, 1.165) is 18.9 Å². The molecule has 2 heterocycles. The van der Waals surface area contributed by atoms with Gasteiger partial charge in [-0.2, -0.15) is 5.10 Å². The number of hydrogen-bond donors (Lipinski definition) is 1. The Morgan fingerprint density at radius 3 is 3.27 bits per heavy atom. The summed E-state index contributed by atoms with van der Waals surface area (Å²) in [5.41, 5.74) is 0. The summed E-state index contributed by atoms with van der Waals surface area (Å²) in [6, 6.07) is 4.52. The van der Waals surface area contributed by atoms with Crippen LogP contribution in [-0.2, 0) is 0 Å². The molecule has 1 aliphatic rings. The molecule has 0 radical (unpaired) electrons. The van der Waals surface area contributed by atoms with Gasteiger partial charge in [0.05, 0.1) is 0 Å². The number of likely N-dealkylation sites (tertiary alicyclic amines) is 1. The summed E-state index contributed by atoms with van der Waals surface area (Å²) in [5.74, 6) is 0.875. The average Bonchev–Trinajstić information content (AvgIpc) is 2.75. The fraction of sp³-hybridized carbons (Fsp3) is 0.636. The van der Waals surface area contributed by atoms with Crippen molar-refractivity contribution in [2.45, 2.75) is 25.8 Å². The number of anilines is 1. The second-order valence-corrected chi connectivity index (χ2v) is 3.91. The van der Waals surface area contributed by atoms with E-state index in [1.807, 2.05) is 12.1 Å². The Morgan fingerprint density at radius 2 is 2.53 bits per heavy atom. The van der Waals surface area contributed by atoms with Gasteiger partial charge in [-0.05, 0) is 38.1 Å². The van der Waals surface area contributed by atoms with Gasteiger partial charge in [-0.25, -0.2) is 0 Å². The maximum absolute atomic E-state index is 4.01. The largest absolute Gasteiger partial charge is 0.367 e. The summed E-state index contributed by atoms with van der Waals surface area (Å²) in [6.07, 6.45) is 4.31. The van der Waals surface area contributed by atoms with Crippen LogP contribution in [0.25, 0.3) is 0 Å². The molecule has 1 saturated heterocycles. The minimum Gasteiger partial charge on any atom is -0.367 e. The number of hydrogen-bond acceptors (Lipinski definition) is 4. The molecule has 1 N–H and O–H groups in total. The lowest BCUT2D eigenvalue weighted by Crippen LogP contribution is -2.34. The molecule has 4 nitrogen and oxygen atoms in total. The van der Waals surface area contributed by atoms with E-state index < -0.39 is 0 Å².